The van der Waals surface area contributed by atoms with E-state index in [9.17, 15) is 14.4 Å². The molecule has 4 heterocycles. The molecule has 9 nitrogen and oxygen atoms in total. The number of piperazine rings is 1. The van der Waals surface area contributed by atoms with E-state index in [-0.39, 0.29) is 36.3 Å². The Morgan fingerprint density at radius 1 is 1.17 bits per heavy atom. The molecule has 0 bridgehead atoms. The molecule has 1 aromatic rings. The number of aryl methyl sites for hydroxylation is 1. The molecule has 1 atom stereocenters. The van der Waals surface area contributed by atoms with Crippen LogP contribution in [-0.4, -0.2) is 82.1 Å². The van der Waals surface area contributed by atoms with Gasteiger partial charge in [0.2, 0.25) is 11.8 Å². The highest BCUT2D eigenvalue weighted by atomic mass is 16.6. The predicted octanol–water partition coefficient (Wildman–Crippen LogP) is 0.960. The maximum absolute atomic E-state index is 12.8. The van der Waals surface area contributed by atoms with Gasteiger partial charge in [-0.2, -0.15) is 0 Å². The standard InChI is InChI=1S/C20H26N4O5/c1-13-10-15(29-21-13)11-17(25)23-8-9-24-16(12-23)20(28-19(24)27)4-6-22(7-5-20)18(26)14-2-3-14/h10,14,16H,2-9,11-12H2,1H3. The lowest BCUT2D eigenvalue weighted by Gasteiger charge is -2.45. The summed E-state index contributed by atoms with van der Waals surface area (Å²) in [5, 5.41) is 3.83. The molecular formula is C20H26N4O5. The number of nitrogens with zero attached hydrogens (tertiary/aromatic N) is 4. The lowest BCUT2D eigenvalue weighted by molar-refractivity contribution is -0.138. The van der Waals surface area contributed by atoms with Crippen molar-refractivity contribution in [1.82, 2.24) is 19.9 Å². The Labute approximate surface area is 168 Å². The molecular weight excluding hydrogens is 376 g/mol. The first-order valence-electron chi connectivity index (χ1n) is 10.4. The number of amides is 3. The second-order valence-electron chi connectivity index (χ2n) is 8.69. The Balaban J connectivity index is 1.26. The van der Waals surface area contributed by atoms with Crippen molar-refractivity contribution in [3.63, 3.8) is 0 Å². The lowest BCUT2D eigenvalue weighted by Crippen LogP contribution is -2.61. The molecule has 156 valence electrons. The van der Waals surface area contributed by atoms with Crippen molar-refractivity contribution in [1.29, 1.82) is 0 Å². The molecule has 4 fully saturated rings. The average molecular weight is 402 g/mol. The molecule has 3 amide bonds. The van der Waals surface area contributed by atoms with E-state index in [2.05, 4.69) is 5.16 Å². The summed E-state index contributed by atoms with van der Waals surface area (Å²) in [6.45, 7) is 4.45. The first-order valence-corrected chi connectivity index (χ1v) is 10.4. The highest BCUT2D eigenvalue weighted by molar-refractivity contribution is 5.81. The van der Waals surface area contributed by atoms with Crippen LogP contribution in [0, 0.1) is 12.8 Å². The summed E-state index contributed by atoms with van der Waals surface area (Å²) in [5.41, 5.74) is 0.137. The summed E-state index contributed by atoms with van der Waals surface area (Å²) in [7, 11) is 0. The van der Waals surface area contributed by atoms with Gasteiger partial charge in [0, 0.05) is 57.5 Å². The van der Waals surface area contributed by atoms with Crippen molar-refractivity contribution in [2.75, 3.05) is 32.7 Å². The number of piperidine rings is 1. The van der Waals surface area contributed by atoms with Crippen molar-refractivity contribution in [3.8, 4) is 0 Å². The van der Waals surface area contributed by atoms with E-state index in [1.54, 1.807) is 15.9 Å². The Hall–Kier alpha value is -2.58. The summed E-state index contributed by atoms with van der Waals surface area (Å²) < 4.78 is 11.0. The van der Waals surface area contributed by atoms with Crippen molar-refractivity contribution in [2.45, 2.75) is 50.7 Å². The fourth-order valence-corrected chi connectivity index (χ4v) is 4.87. The molecule has 1 spiro atoms. The van der Waals surface area contributed by atoms with Crippen molar-refractivity contribution < 1.29 is 23.6 Å². The SMILES string of the molecule is Cc1cc(CC(=O)N2CCN3C(=O)OC4(CCN(C(=O)C5CC5)CC4)C3C2)on1. The highest BCUT2D eigenvalue weighted by Gasteiger charge is 2.57. The minimum absolute atomic E-state index is 0.0309. The van der Waals surface area contributed by atoms with Crippen molar-refractivity contribution in [2.24, 2.45) is 5.92 Å². The second kappa shape index (κ2) is 6.74. The van der Waals surface area contributed by atoms with Crippen LogP contribution in [-0.2, 0) is 20.7 Å². The maximum Gasteiger partial charge on any atom is 0.410 e. The molecule has 29 heavy (non-hydrogen) atoms. The van der Waals surface area contributed by atoms with E-state index in [4.69, 9.17) is 9.26 Å². The quantitative estimate of drug-likeness (QED) is 0.747. The molecule has 3 saturated heterocycles. The third-order valence-electron chi connectivity index (χ3n) is 6.72. The van der Waals surface area contributed by atoms with Gasteiger partial charge in [0.15, 0.2) is 0 Å². The number of aromatic nitrogens is 1. The zero-order chi connectivity index (χ0) is 20.2. The molecule has 4 aliphatic rings. The predicted molar refractivity (Wildman–Crippen MR) is 99.8 cm³/mol. The fraction of sp³-hybridized carbons (Fsp3) is 0.700. The third kappa shape index (κ3) is 3.26. The van der Waals surface area contributed by atoms with Crippen LogP contribution in [0.5, 0.6) is 0 Å². The monoisotopic (exact) mass is 402 g/mol. The van der Waals surface area contributed by atoms with Gasteiger partial charge >= 0.3 is 6.09 Å². The number of hydrogen-bond donors (Lipinski definition) is 0. The number of carbonyl (C=O) groups is 3. The van der Waals surface area contributed by atoms with E-state index in [0.717, 1.165) is 18.5 Å². The zero-order valence-electron chi connectivity index (χ0n) is 16.6. The molecule has 1 aliphatic carbocycles. The van der Waals surface area contributed by atoms with Crippen LogP contribution < -0.4 is 0 Å². The summed E-state index contributed by atoms with van der Waals surface area (Å²) in [5.74, 6) is 0.963. The van der Waals surface area contributed by atoms with E-state index in [1.807, 2.05) is 11.8 Å². The van der Waals surface area contributed by atoms with E-state index < -0.39 is 5.60 Å². The molecule has 0 N–H and O–H groups in total. The number of likely N-dealkylation sites (tertiary alicyclic amines) is 1. The minimum Gasteiger partial charge on any atom is -0.440 e. The van der Waals surface area contributed by atoms with Crippen LogP contribution in [0.4, 0.5) is 4.79 Å². The topological polar surface area (TPSA) is 96.2 Å². The normalized spacial score (nSPS) is 25.9. The van der Waals surface area contributed by atoms with Crippen LogP contribution in [0.15, 0.2) is 10.6 Å². The van der Waals surface area contributed by atoms with Gasteiger partial charge in [-0.05, 0) is 19.8 Å². The molecule has 1 aromatic heterocycles. The fourth-order valence-electron chi connectivity index (χ4n) is 4.87. The lowest BCUT2D eigenvalue weighted by atomic mass is 9.83. The highest BCUT2D eigenvalue weighted by Crippen LogP contribution is 2.41. The molecule has 0 aromatic carbocycles. The second-order valence-corrected chi connectivity index (χ2v) is 8.69. The molecule has 5 rings (SSSR count). The van der Waals surface area contributed by atoms with Gasteiger partial charge in [-0.15, -0.1) is 0 Å². The van der Waals surface area contributed by atoms with Gasteiger partial charge in [0.1, 0.15) is 11.4 Å². The van der Waals surface area contributed by atoms with E-state index in [1.165, 1.54) is 0 Å². The van der Waals surface area contributed by atoms with Crippen LogP contribution in [0.2, 0.25) is 0 Å². The van der Waals surface area contributed by atoms with Crippen molar-refractivity contribution in [3.05, 3.63) is 17.5 Å². The number of ether oxygens (including phenoxy) is 1. The molecule has 3 aliphatic heterocycles. The van der Waals surface area contributed by atoms with Crippen LogP contribution in [0.3, 0.4) is 0 Å². The van der Waals surface area contributed by atoms with Gasteiger partial charge in [-0.3, -0.25) is 14.5 Å². The summed E-state index contributed by atoms with van der Waals surface area (Å²) in [6.07, 6.45) is 3.11. The van der Waals surface area contributed by atoms with Crippen LogP contribution >= 0.6 is 0 Å². The maximum atomic E-state index is 12.8. The summed E-state index contributed by atoms with van der Waals surface area (Å²) >= 11 is 0. The van der Waals surface area contributed by atoms with E-state index >= 15 is 0 Å². The Morgan fingerprint density at radius 2 is 1.93 bits per heavy atom. The van der Waals surface area contributed by atoms with Gasteiger partial charge in [-0.1, -0.05) is 5.16 Å². The van der Waals surface area contributed by atoms with Gasteiger partial charge in [0.05, 0.1) is 18.2 Å². The molecule has 0 radical (unpaired) electrons. The van der Waals surface area contributed by atoms with Crippen LogP contribution in [0.25, 0.3) is 0 Å². The zero-order valence-corrected chi connectivity index (χ0v) is 16.6. The number of carbonyl (C=O) groups excluding carboxylic acids is 3. The van der Waals surface area contributed by atoms with E-state index in [0.29, 0.717) is 51.3 Å². The molecule has 9 heteroatoms. The van der Waals surface area contributed by atoms with Gasteiger partial charge in [-0.25, -0.2) is 4.79 Å². The number of rotatable bonds is 3. The van der Waals surface area contributed by atoms with Crippen LogP contribution in [0.1, 0.15) is 37.1 Å². The molecule has 1 saturated carbocycles. The third-order valence-corrected chi connectivity index (χ3v) is 6.72. The Bertz CT molecular complexity index is 840. The average Bonchev–Trinajstić information content (AvgIpc) is 3.44. The minimum atomic E-state index is -0.612. The van der Waals surface area contributed by atoms with Gasteiger partial charge in [0.25, 0.3) is 0 Å². The van der Waals surface area contributed by atoms with Crippen molar-refractivity contribution >= 4 is 17.9 Å². The largest absolute Gasteiger partial charge is 0.440 e. The van der Waals surface area contributed by atoms with Gasteiger partial charge < -0.3 is 19.1 Å². The first-order chi connectivity index (χ1) is 13.9. The molecule has 1 unspecified atom stereocenters. The Morgan fingerprint density at radius 3 is 2.59 bits per heavy atom. The summed E-state index contributed by atoms with van der Waals surface area (Å²) in [6, 6.07) is 1.60. The summed E-state index contributed by atoms with van der Waals surface area (Å²) in [4.78, 5) is 43.1. The smallest absolute Gasteiger partial charge is 0.410 e. The number of hydrogen-bond acceptors (Lipinski definition) is 6. The first kappa shape index (κ1) is 18.4. The Kier molecular flexibility index (Phi) is 4.29. The number of fused-ring (bicyclic) bond motifs is 2.